The van der Waals surface area contributed by atoms with Crippen LogP contribution in [-0.4, -0.2) is 24.1 Å². The smallest absolute Gasteiger partial charge is 0.347 e. The maximum atomic E-state index is 11.9. The summed E-state index contributed by atoms with van der Waals surface area (Å²) in [6.07, 6.45) is 7.11. The van der Waals surface area contributed by atoms with E-state index in [9.17, 15) is 9.59 Å². The van der Waals surface area contributed by atoms with Gasteiger partial charge < -0.3 is 9.47 Å². The third-order valence-electron chi connectivity index (χ3n) is 4.88. The summed E-state index contributed by atoms with van der Waals surface area (Å²) >= 11 is 0. The third kappa shape index (κ3) is 2.17. The first-order valence-electron chi connectivity index (χ1n) is 7.10. The molecule has 2 fully saturated rings. The van der Waals surface area contributed by atoms with Gasteiger partial charge in [-0.3, -0.25) is 4.79 Å². The molecule has 0 radical (unpaired) electrons. The molecule has 3 aliphatic carbocycles. The number of fused-ring (bicyclic) bond motifs is 5. The quantitative estimate of drug-likeness (QED) is 0.578. The van der Waals surface area contributed by atoms with Crippen molar-refractivity contribution in [1.82, 2.24) is 0 Å². The Morgan fingerprint density at radius 3 is 2.79 bits per heavy atom. The molecule has 4 heteroatoms. The Morgan fingerprint density at radius 1 is 1.26 bits per heavy atom. The number of hydrogen-bond donors (Lipinski definition) is 0. The van der Waals surface area contributed by atoms with Crippen LogP contribution in [0.15, 0.2) is 12.2 Å². The third-order valence-corrected chi connectivity index (χ3v) is 4.88. The molecule has 0 aromatic carbocycles. The van der Waals surface area contributed by atoms with Gasteiger partial charge in [-0.1, -0.05) is 12.2 Å². The molecule has 4 nitrogen and oxygen atoms in total. The summed E-state index contributed by atoms with van der Waals surface area (Å²) in [7, 11) is 0. The van der Waals surface area contributed by atoms with Gasteiger partial charge in [0, 0.05) is 6.92 Å². The number of carbonyl (C=O) groups is 2. The lowest BCUT2D eigenvalue weighted by atomic mass is 9.80. The van der Waals surface area contributed by atoms with Crippen molar-refractivity contribution in [3.8, 4) is 0 Å². The monoisotopic (exact) mass is 264 g/mol. The van der Waals surface area contributed by atoms with Crippen LogP contribution in [0.2, 0.25) is 0 Å². The molecule has 0 aromatic rings. The van der Waals surface area contributed by atoms with Crippen molar-refractivity contribution in [3.05, 3.63) is 12.2 Å². The molecule has 0 aromatic heterocycles. The molecular weight excluding hydrogens is 244 g/mol. The van der Waals surface area contributed by atoms with Crippen LogP contribution in [0.1, 0.15) is 33.1 Å². The summed E-state index contributed by atoms with van der Waals surface area (Å²) in [5.74, 6) is 1.70. The molecule has 0 aliphatic heterocycles. The minimum atomic E-state index is -0.797. The molecule has 0 unspecified atom stereocenters. The topological polar surface area (TPSA) is 52.6 Å². The van der Waals surface area contributed by atoms with Crippen molar-refractivity contribution in [2.45, 2.75) is 45.3 Å². The van der Waals surface area contributed by atoms with Crippen LogP contribution in [0.3, 0.4) is 0 Å². The zero-order valence-corrected chi connectivity index (χ0v) is 11.4. The Morgan fingerprint density at radius 2 is 2.05 bits per heavy atom. The maximum Gasteiger partial charge on any atom is 0.347 e. The number of rotatable bonds is 3. The van der Waals surface area contributed by atoms with Crippen LogP contribution in [0.25, 0.3) is 0 Å². The molecule has 19 heavy (non-hydrogen) atoms. The first kappa shape index (κ1) is 12.7. The van der Waals surface area contributed by atoms with Crippen LogP contribution >= 0.6 is 0 Å². The van der Waals surface area contributed by atoms with Crippen LogP contribution in [0.5, 0.6) is 0 Å². The molecule has 3 rings (SSSR count). The average molecular weight is 264 g/mol. The fraction of sp³-hybridized carbons (Fsp3) is 0.733. The molecule has 104 valence electrons. The van der Waals surface area contributed by atoms with E-state index in [2.05, 4.69) is 12.2 Å². The van der Waals surface area contributed by atoms with Crippen LogP contribution in [0.4, 0.5) is 0 Å². The second kappa shape index (κ2) is 4.66. The van der Waals surface area contributed by atoms with Gasteiger partial charge in [-0.15, -0.1) is 0 Å². The Labute approximate surface area is 113 Å². The van der Waals surface area contributed by atoms with Gasteiger partial charge in [0.1, 0.15) is 6.10 Å². The summed E-state index contributed by atoms with van der Waals surface area (Å²) in [5, 5.41) is 0. The summed E-state index contributed by atoms with van der Waals surface area (Å²) in [4.78, 5) is 22.7. The molecular formula is C15H20O4. The molecule has 0 amide bonds. The van der Waals surface area contributed by atoms with Gasteiger partial charge >= 0.3 is 11.9 Å². The lowest BCUT2D eigenvalue weighted by Gasteiger charge is -2.31. The predicted octanol–water partition coefficient (Wildman–Crippen LogP) is 2.08. The van der Waals surface area contributed by atoms with Gasteiger partial charge in [0.2, 0.25) is 0 Å². The number of ether oxygens (including phenoxy) is 2. The summed E-state index contributed by atoms with van der Waals surface area (Å²) < 4.78 is 10.4. The summed E-state index contributed by atoms with van der Waals surface area (Å²) in [5.41, 5.74) is 0. The van der Waals surface area contributed by atoms with Gasteiger partial charge in [0.15, 0.2) is 6.10 Å². The van der Waals surface area contributed by atoms with Crippen molar-refractivity contribution >= 4 is 11.9 Å². The highest BCUT2D eigenvalue weighted by Gasteiger charge is 2.54. The van der Waals surface area contributed by atoms with E-state index in [1.807, 2.05) is 0 Å². The molecule has 0 N–H and O–H groups in total. The molecule has 2 saturated carbocycles. The van der Waals surface area contributed by atoms with E-state index in [-0.39, 0.29) is 6.10 Å². The zero-order chi connectivity index (χ0) is 13.6. The molecule has 0 heterocycles. The normalized spacial score (nSPS) is 40.0. The number of hydrogen-bond acceptors (Lipinski definition) is 4. The van der Waals surface area contributed by atoms with Crippen LogP contribution in [-0.2, 0) is 19.1 Å². The Kier molecular flexibility index (Phi) is 3.11. The van der Waals surface area contributed by atoms with E-state index in [0.717, 1.165) is 12.8 Å². The highest BCUT2D eigenvalue weighted by Crippen LogP contribution is 2.57. The minimum Gasteiger partial charge on any atom is -0.459 e. The molecule has 6 atom stereocenters. The SMILES string of the molecule is CC(=O)O[C@H](C)C(=O)O[C@H]1C[C@@H]2C[C@@H]1[C@H]1CC=C[C@H]21. The molecule has 0 spiro atoms. The minimum absolute atomic E-state index is 0.0247. The van der Waals surface area contributed by atoms with E-state index >= 15 is 0 Å². The Bertz CT molecular complexity index is 428. The van der Waals surface area contributed by atoms with E-state index in [1.165, 1.54) is 13.3 Å². The van der Waals surface area contributed by atoms with Crippen molar-refractivity contribution < 1.29 is 19.1 Å². The lowest BCUT2D eigenvalue weighted by Crippen LogP contribution is -2.35. The summed E-state index contributed by atoms with van der Waals surface area (Å²) in [6.45, 7) is 2.87. The van der Waals surface area contributed by atoms with Crippen molar-refractivity contribution in [2.24, 2.45) is 23.7 Å². The Hall–Kier alpha value is -1.32. The van der Waals surface area contributed by atoms with Gasteiger partial charge in [-0.25, -0.2) is 4.79 Å². The average Bonchev–Trinajstić information content (AvgIpc) is 2.98. The van der Waals surface area contributed by atoms with E-state index in [1.54, 1.807) is 6.92 Å². The largest absolute Gasteiger partial charge is 0.459 e. The van der Waals surface area contributed by atoms with Crippen LogP contribution in [0, 0.1) is 23.7 Å². The van der Waals surface area contributed by atoms with Crippen molar-refractivity contribution in [3.63, 3.8) is 0 Å². The van der Waals surface area contributed by atoms with Gasteiger partial charge in [-0.05, 0) is 49.9 Å². The Balaban J connectivity index is 1.58. The van der Waals surface area contributed by atoms with E-state index in [4.69, 9.17) is 9.47 Å². The molecule has 3 aliphatic rings. The number of esters is 2. The predicted molar refractivity (Wildman–Crippen MR) is 68.1 cm³/mol. The summed E-state index contributed by atoms with van der Waals surface area (Å²) in [6, 6.07) is 0. The van der Waals surface area contributed by atoms with E-state index < -0.39 is 18.0 Å². The van der Waals surface area contributed by atoms with Gasteiger partial charge in [0.25, 0.3) is 0 Å². The standard InChI is InChI=1S/C15H20O4/c1-8(18-9(2)16)15(17)19-14-7-10-6-13(14)12-5-3-4-11(10)12/h3-4,8,10-14H,5-7H2,1-2H3/t8-,10+,11-,12+,13-,14+/m1/s1. The second-order valence-electron chi connectivity index (χ2n) is 6.03. The first-order chi connectivity index (χ1) is 9.06. The van der Waals surface area contributed by atoms with Crippen LogP contribution < -0.4 is 0 Å². The highest BCUT2D eigenvalue weighted by molar-refractivity contribution is 5.78. The van der Waals surface area contributed by atoms with Crippen molar-refractivity contribution in [2.75, 3.05) is 0 Å². The second-order valence-corrected chi connectivity index (χ2v) is 6.03. The molecule has 2 bridgehead atoms. The fourth-order valence-electron chi connectivity index (χ4n) is 4.17. The zero-order valence-electron chi connectivity index (χ0n) is 11.4. The first-order valence-corrected chi connectivity index (χ1v) is 7.10. The molecule has 0 saturated heterocycles. The highest BCUT2D eigenvalue weighted by atomic mass is 16.6. The lowest BCUT2D eigenvalue weighted by molar-refractivity contribution is -0.171. The fourth-order valence-corrected chi connectivity index (χ4v) is 4.17. The number of allylic oxidation sites excluding steroid dienone is 2. The van der Waals surface area contributed by atoms with Gasteiger partial charge in [-0.2, -0.15) is 0 Å². The van der Waals surface area contributed by atoms with Gasteiger partial charge in [0.05, 0.1) is 0 Å². The maximum absolute atomic E-state index is 11.9. The van der Waals surface area contributed by atoms with E-state index in [0.29, 0.717) is 23.7 Å². The van der Waals surface area contributed by atoms with Crippen molar-refractivity contribution in [1.29, 1.82) is 0 Å². The number of carbonyl (C=O) groups excluding carboxylic acids is 2.